The van der Waals surface area contributed by atoms with E-state index in [0.29, 0.717) is 11.5 Å². The van der Waals surface area contributed by atoms with Gasteiger partial charge in [-0.25, -0.2) is 0 Å². The number of rotatable bonds is 8. The molecule has 0 aliphatic heterocycles. The second kappa shape index (κ2) is 18.5. The number of aromatic nitrogens is 4. The number of hydrogen-bond donors (Lipinski definition) is 0. The van der Waals surface area contributed by atoms with E-state index in [1.807, 2.05) is 31.3 Å². The third-order valence-corrected chi connectivity index (χ3v) is 16.0. The Balaban J connectivity index is 0.000000230. The number of hydrogen-bond acceptors (Lipinski definition) is 4. The largest absolute Gasteiger partial charge is 0 e. The Morgan fingerprint density at radius 2 is 1.40 bits per heavy atom. The molecule has 0 aliphatic rings. The molecule has 9 aromatic rings. The smallest absolute Gasteiger partial charge is 0 e. The van der Waals surface area contributed by atoms with Crippen LogP contribution in [0, 0.1) is 32.8 Å². The zero-order valence-corrected chi connectivity index (χ0v) is 42.7. The summed E-state index contributed by atoms with van der Waals surface area (Å²) in [6, 6.07) is 43.5. The Bertz CT molecular complexity index is 3150. The van der Waals surface area contributed by atoms with Crippen LogP contribution in [0.15, 0.2) is 120 Å². The maximum atomic E-state index is 7.44. The number of aryl methyl sites for hydroxylation is 3. The predicted octanol–water partition coefficient (Wildman–Crippen LogP) is 14.8. The van der Waals surface area contributed by atoms with Crippen molar-refractivity contribution in [2.75, 3.05) is 0 Å². The summed E-state index contributed by atoms with van der Waals surface area (Å²) in [6.07, 6.45) is 2.02. The second-order valence-corrected chi connectivity index (χ2v) is 29.0. The summed E-state index contributed by atoms with van der Waals surface area (Å²) >= 11 is -1.97. The van der Waals surface area contributed by atoms with Crippen molar-refractivity contribution in [1.29, 1.82) is 0 Å². The van der Waals surface area contributed by atoms with Crippen LogP contribution in [0.4, 0.5) is 0 Å². The first-order chi connectivity index (χ1) is 30.8. The van der Waals surface area contributed by atoms with Crippen molar-refractivity contribution in [2.45, 2.75) is 97.3 Å². The van der Waals surface area contributed by atoms with E-state index in [1.165, 1.54) is 37.9 Å². The van der Waals surface area contributed by atoms with Gasteiger partial charge in [-0.2, -0.15) is 0 Å². The third kappa shape index (κ3) is 9.14. The van der Waals surface area contributed by atoms with Crippen LogP contribution in [0.5, 0.6) is 0 Å². The molecule has 0 saturated carbocycles. The van der Waals surface area contributed by atoms with Gasteiger partial charge in [0.15, 0.2) is 0 Å². The average Bonchev–Trinajstić information content (AvgIpc) is 3.84. The van der Waals surface area contributed by atoms with E-state index in [9.17, 15) is 0 Å². The first kappa shape index (κ1) is 41.8. The van der Waals surface area contributed by atoms with Crippen LogP contribution in [0.1, 0.15) is 97.1 Å². The van der Waals surface area contributed by atoms with Crippen LogP contribution in [0.2, 0.25) is 17.3 Å². The van der Waals surface area contributed by atoms with E-state index in [1.54, 1.807) is 18.2 Å². The molecule has 63 heavy (non-hydrogen) atoms. The first-order valence-electron chi connectivity index (χ1n) is 23.3. The molecule has 9 rings (SSSR count). The van der Waals surface area contributed by atoms with Gasteiger partial charge in [-0.1, -0.05) is 87.2 Å². The van der Waals surface area contributed by atoms with Gasteiger partial charge in [0, 0.05) is 36.9 Å². The number of para-hydroxylation sites is 1. The van der Waals surface area contributed by atoms with Crippen molar-refractivity contribution in [2.24, 2.45) is 0 Å². The molecule has 0 N–H and O–H groups in total. The van der Waals surface area contributed by atoms with E-state index < -0.39 is 20.1 Å². The van der Waals surface area contributed by atoms with Crippen LogP contribution >= 0.6 is 0 Å². The molecule has 0 spiro atoms. The Labute approximate surface area is 394 Å². The summed E-state index contributed by atoms with van der Waals surface area (Å²) in [4.78, 5) is 14.9. The first-order valence-corrected chi connectivity index (χ1v) is 29.1. The minimum Gasteiger partial charge on any atom is 0 e. The quantitative estimate of drug-likeness (QED) is 0.112. The van der Waals surface area contributed by atoms with E-state index in [4.69, 9.17) is 18.5 Å². The molecule has 5 aromatic carbocycles. The Morgan fingerprint density at radius 1 is 0.714 bits per heavy atom. The van der Waals surface area contributed by atoms with Gasteiger partial charge in [0.05, 0.1) is 28.1 Å². The van der Waals surface area contributed by atoms with Crippen molar-refractivity contribution in [3.63, 3.8) is 0 Å². The topological polar surface area (TPSA) is 56.7 Å². The molecular weight excluding hydrogens is 1010 g/mol. The summed E-state index contributed by atoms with van der Waals surface area (Å²) < 4.78 is 32.6. The van der Waals surface area contributed by atoms with Gasteiger partial charge < -0.3 is 8.98 Å². The monoisotopic (exact) mass is 1070 g/mol. The summed E-state index contributed by atoms with van der Waals surface area (Å²) in [5, 5.41) is 2.16. The van der Waals surface area contributed by atoms with Crippen molar-refractivity contribution in [3.05, 3.63) is 161 Å². The van der Waals surface area contributed by atoms with Crippen molar-refractivity contribution in [1.82, 2.24) is 19.5 Å². The minimum absolute atomic E-state index is 0. The van der Waals surface area contributed by atoms with Gasteiger partial charge in [-0.05, 0) is 72.2 Å². The zero-order chi connectivity index (χ0) is 46.5. The molecule has 0 fully saturated rings. The van der Waals surface area contributed by atoms with Gasteiger partial charge in [0.25, 0.3) is 0 Å². The number of pyridine rings is 2. The number of fused-ring (bicyclic) bond motifs is 4. The van der Waals surface area contributed by atoms with E-state index in [0.717, 1.165) is 67.0 Å². The Morgan fingerprint density at radius 3 is 2.03 bits per heavy atom. The van der Waals surface area contributed by atoms with Gasteiger partial charge in [-0.3, -0.25) is 9.97 Å². The molecule has 0 bridgehead atoms. The molecular formula is C56H58GeIrN4O-2. The normalized spacial score (nSPS) is 12.7. The average molecular weight is 1070 g/mol. The fourth-order valence-corrected chi connectivity index (χ4v) is 12.1. The molecule has 323 valence electrons. The number of nitrogens with zero attached hydrogens (tertiary/aromatic N) is 4. The predicted molar refractivity (Wildman–Crippen MR) is 264 cm³/mol. The molecule has 0 unspecified atom stereocenters. The standard InChI is InChI=1S/C38H34N3O.C18H24GeN.Ir/c1-22(2)31-20-27(26-13-8-7-9-14-26)21-32(23(3)4)36(31)41-35-25(6)39-24(5)19-33(35)40-38(41)30-17-12-16-29-28-15-10-11-18-34(28)42-37(29)30;1-13(2)16-11-18(15-9-7-14(3)8-10-15)20-12-17(16)19(4,5)6;/h7-16,18-23H,1-6H3;7-9,11-13H,1-6H3;/q2*-1;/i;3D3;. The number of furan rings is 1. The zero-order valence-electron chi connectivity index (χ0n) is 41.2. The minimum atomic E-state index is -2.09. The van der Waals surface area contributed by atoms with Crippen LogP contribution in [-0.4, -0.2) is 32.8 Å². The number of benzene rings is 5. The van der Waals surface area contributed by atoms with Crippen molar-refractivity contribution in [3.8, 4) is 39.5 Å². The van der Waals surface area contributed by atoms with Crippen molar-refractivity contribution >= 4 is 50.6 Å². The molecule has 4 heterocycles. The van der Waals surface area contributed by atoms with Crippen LogP contribution in [-0.2, 0) is 20.1 Å². The molecule has 7 heteroatoms. The molecule has 1 radical (unpaired) electrons. The molecule has 0 amide bonds. The van der Waals surface area contributed by atoms with Crippen molar-refractivity contribution < 1.29 is 28.6 Å². The molecule has 0 aliphatic carbocycles. The van der Waals surface area contributed by atoms with Gasteiger partial charge >= 0.3 is 130 Å². The molecule has 0 saturated heterocycles. The van der Waals surface area contributed by atoms with E-state index in [2.05, 4.69) is 160 Å². The summed E-state index contributed by atoms with van der Waals surface area (Å²) in [7, 11) is 0. The maximum Gasteiger partial charge on any atom is 0 e. The van der Waals surface area contributed by atoms with Gasteiger partial charge in [0.1, 0.15) is 5.58 Å². The SMILES string of the molecule is Cc1cc2nc(-c3[c-]ccc4c3oc3ccccc34)n(-c3c(C(C)C)cc(-c4ccccc4)cc3C(C)C)c2c(C)n1.[2H]C([2H])([2H])c1c[c-]c(-c2cc(C(C)C)[c]([Ge]([CH3])([CH3])[CH3])cn2)cc1.[Ir]. The molecule has 0 atom stereocenters. The Hall–Kier alpha value is -5.14. The third-order valence-electron chi connectivity index (χ3n) is 11.7. The van der Waals surface area contributed by atoms with Crippen LogP contribution in [0.25, 0.3) is 72.4 Å². The maximum absolute atomic E-state index is 7.44. The van der Waals surface area contributed by atoms with Gasteiger partial charge in [-0.15, -0.1) is 18.2 Å². The van der Waals surface area contributed by atoms with Crippen LogP contribution in [0.3, 0.4) is 0 Å². The Kier molecular flexibility index (Phi) is 12.3. The fraction of sp³-hybridized carbons (Fsp3) is 0.268. The fourth-order valence-electron chi connectivity index (χ4n) is 8.60. The number of imidazole rings is 1. The molecule has 4 aromatic heterocycles. The second-order valence-electron chi connectivity index (χ2n) is 18.4. The summed E-state index contributed by atoms with van der Waals surface area (Å²) in [5.74, 6) is 8.94. The van der Waals surface area contributed by atoms with E-state index >= 15 is 0 Å². The molecule has 5 nitrogen and oxygen atoms in total. The summed E-state index contributed by atoms with van der Waals surface area (Å²) in [6.45, 7) is 15.5. The van der Waals surface area contributed by atoms with E-state index in [-0.39, 0.29) is 31.9 Å². The van der Waals surface area contributed by atoms with Gasteiger partial charge in [0.2, 0.25) is 0 Å². The summed E-state index contributed by atoms with van der Waals surface area (Å²) in [5.41, 5.74) is 15.9. The van der Waals surface area contributed by atoms with Crippen LogP contribution < -0.4 is 4.40 Å².